The number of benzene rings is 2. The average molecular weight is 559 g/mol. The Morgan fingerprint density at radius 2 is 1.77 bits per heavy atom. The number of rotatable bonds is 12. The number of carbonyl (C=O) groups excluding carboxylic acids is 2. The number of nitro groups is 1. The molecule has 10 nitrogen and oxygen atoms in total. The molecule has 1 fully saturated rings. The SMILES string of the molecule is CC[C@H](C(=O)NC1CCCCC1)N(CCc1ccccc1)C(=O)CN(c1cc([N+](=O)[O-])ccc1C)S(C)(=O)=O. The van der Waals surface area contributed by atoms with Gasteiger partial charge in [-0.2, -0.15) is 0 Å². The van der Waals surface area contributed by atoms with Gasteiger partial charge < -0.3 is 10.2 Å². The number of carbonyl (C=O) groups is 2. The topological polar surface area (TPSA) is 130 Å². The van der Waals surface area contributed by atoms with Crippen molar-refractivity contribution in [3.63, 3.8) is 0 Å². The van der Waals surface area contributed by atoms with Crippen LogP contribution in [0.25, 0.3) is 0 Å². The number of aryl methyl sites for hydroxylation is 1. The highest BCUT2D eigenvalue weighted by Gasteiger charge is 2.33. The maximum atomic E-state index is 13.8. The summed E-state index contributed by atoms with van der Waals surface area (Å²) in [4.78, 5) is 39.5. The first kappa shape index (κ1) is 30.1. The number of nitrogens with one attached hydrogen (secondary N) is 1. The third kappa shape index (κ3) is 8.26. The predicted molar refractivity (Wildman–Crippen MR) is 151 cm³/mol. The van der Waals surface area contributed by atoms with Gasteiger partial charge in [0.05, 0.1) is 16.9 Å². The second kappa shape index (κ2) is 13.5. The molecule has 0 bridgehead atoms. The van der Waals surface area contributed by atoms with Crippen molar-refractivity contribution in [1.82, 2.24) is 10.2 Å². The zero-order chi connectivity index (χ0) is 28.6. The first-order valence-corrected chi connectivity index (χ1v) is 15.2. The molecule has 0 aromatic heterocycles. The predicted octanol–water partition coefficient (Wildman–Crippen LogP) is 3.97. The highest BCUT2D eigenvalue weighted by atomic mass is 32.2. The summed E-state index contributed by atoms with van der Waals surface area (Å²) in [6.07, 6.45) is 6.82. The van der Waals surface area contributed by atoms with Crippen LogP contribution in [0.1, 0.15) is 56.6 Å². The monoisotopic (exact) mass is 558 g/mol. The van der Waals surface area contributed by atoms with Crippen molar-refractivity contribution in [2.45, 2.75) is 70.9 Å². The lowest BCUT2D eigenvalue weighted by Crippen LogP contribution is -2.54. The summed E-state index contributed by atoms with van der Waals surface area (Å²) >= 11 is 0. The molecule has 0 heterocycles. The minimum absolute atomic E-state index is 0.0581. The van der Waals surface area contributed by atoms with Crippen LogP contribution < -0.4 is 9.62 Å². The van der Waals surface area contributed by atoms with Gasteiger partial charge in [-0.1, -0.05) is 62.6 Å². The lowest BCUT2D eigenvalue weighted by Gasteiger charge is -2.34. The van der Waals surface area contributed by atoms with Crippen LogP contribution in [0.3, 0.4) is 0 Å². The Morgan fingerprint density at radius 3 is 2.36 bits per heavy atom. The van der Waals surface area contributed by atoms with Crippen LogP contribution in [-0.4, -0.2) is 61.5 Å². The van der Waals surface area contributed by atoms with E-state index in [0.29, 0.717) is 18.4 Å². The molecule has 0 spiro atoms. The van der Waals surface area contributed by atoms with Gasteiger partial charge in [0.1, 0.15) is 12.6 Å². The smallest absolute Gasteiger partial charge is 0.271 e. The van der Waals surface area contributed by atoms with Crippen LogP contribution in [0, 0.1) is 17.0 Å². The molecule has 2 aromatic rings. The lowest BCUT2D eigenvalue weighted by atomic mass is 9.95. The number of hydrogen-bond donors (Lipinski definition) is 1. The molecule has 39 heavy (non-hydrogen) atoms. The molecule has 1 aliphatic carbocycles. The summed E-state index contributed by atoms with van der Waals surface area (Å²) in [5.74, 6) is -0.795. The number of sulfonamides is 1. The van der Waals surface area contributed by atoms with Crippen molar-refractivity contribution in [3.8, 4) is 0 Å². The number of amides is 2. The molecule has 1 saturated carbocycles. The molecule has 11 heteroatoms. The highest BCUT2D eigenvalue weighted by Crippen LogP contribution is 2.28. The van der Waals surface area contributed by atoms with Gasteiger partial charge >= 0.3 is 0 Å². The Hall–Kier alpha value is -3.47. The van der Waals surface area contributed by atoms with Gasteiger partial charge in [0, 0.05) is 24.7 Å². The van der Waals surface area contributed by atoms with Gasteiger partial charge in [0.25, 0.3) is 5.69 Å². The van der Waals surface area contributed by atoms with E-state index in [1.165, 1.54) is 17.0 Å². The van der Waals surface area contributed by atoms with E-state index in [1.807, 2.05) is 37.3 Å². The van der Waals surface area contributed by atoms with Gasteiger partial charge in [0.2, 0.25) is 21.8 Å². The Morgan fingerprint density at radius 1 is 1.10 bits per heavy atom. The minimum atomic E-state index is -3.99. The molecule has 2 aromatic carbocycles. The third-order valence-electron chi connectivity index (χ3n) is 7.17. The number of nitrogens with zero attached hydrogens (tertiary/aromatic N) is 3. The van der Waals surface area contributed by atoms with Crippen LogP contribution in [-0.2, 0) is 26.0 Å². The third-order valence-corrected chi connectivity index (χ3v) is 8.30. The molecule has 1 aliphatic rings. The number of non-ortho nitro benzene ring substituents is 1. The van der Waals surface area contributed by atoms with E-state index in [1.54, 1.807) is 6.92 Å². The standard InChI is InChI=1S/C28H38N4O6S/c1-4-25(28(34)29-23-13-9-6-10-14-23)30(18-17-22-11-7-5-8-12-22)27(33)20-31(39(3,37)38)26-19-24(32(35)36)16-15-21(26)2/h5,7-8,11-12,15-16,19,23,25H,4,6,9-10,13-14,17-18,20H2,1-3H3,(H,29,34)/t25-/m1/s1. The highest BCUT2D eigenvalue weighted by molar-refractivity contribution is 7.92. The lowest BCUT2D eigenvalue weighted by molar-refractivity contribution is -0.384. The normalized spacial score (nSPS) is 14.8. The van der Waals surface area contributed by atoms with Gasteiger partial charge in [-0.3, -0.25) is 24.0 Å². The van der Waals surface area contributed by atoms with E-state index in [9.17, 15) is 28.1 Å². The van der Waals surface area contributed by atoms with Crippen LogP contribution in [0.4, 0.5) is 11.4 Å². The van der Waals surface area contributed by atoms with Crippen molar-refractivity contribution >= 4 is 33.2 Å². The van der Waals surface area contributed by atoms with Crippen LogP contribution in [0.15, 0.2) is 48.5 Å². The summed E-state index contributed by atoms with van der Waals surface area (Å²) in [6, 6.07) is 12.7. The summed E-state index contributed by atoms with van der Waals surface area (Å²) in [7, 11) is -3.99. The first-order chi connectivity index (χ1) is 18.5. The summed E-state index contributed by atoms with van der Waals surface area (Å²) in [6.45, 7) is 3.09. The number of nitro benzene ring substituents is 1. The maximum absolute atomic E-state index is 13.8. The Balaban J connectivity index is 1.92. The molecule has 2 amide bonds. The van der Waals surface area contributed by atoms with Crippen molar-refractivity contribution in [1.29, 1.82) is 0 Å². The molecular formula is C28H38N4O6S. The fourth-order valence-electron chi connectivity index (χ4n) is 5.01. The Labute approximate surface area is 230 Å². The zero-order valence-corrected chi connectivity index (χ0v) is 23.7. The van der Waals surface area contributed by atoms with Gasteiger partial charge in [0.15, 0.2) is 0 Å². The van der Waals surface area contributed by atoms with E-state index in [4.69, 9.17) is 0 Å². The van der Waals surface area contributed by atoms with Crippen molar-refractivity contribution in [2.24, 2.45) is 0 Å². The second-order valence-corrected chi connectivity index (χ2v) is 12.0. The molecule has 0 aliphatic heterocycles. The second-order valence-electron chi connectivity index (χ2n) is 10.1. The van der Waals surface area contributed by atoms with Crippen LogP contribution in [0.5, 0.6) is 0 Å². The molecular weight excluding hydrogens is 520 g/mol. The molecule has 1 atom stereocenters. The summed E-state index contributed by atoms with van der Waals surface area (Å²) in [5.41, 5.74) is 1.22. The van der Waals surface area contributed by atoms with E-state index < -0.39 is 33.4 Å². The van der Waals surface area contributed by atoms with Crippen LogP contribution in [0.2, 0.25) is 0 Å². The van der Waals surface area contributed by atoms with Gasteiger partial charge in [-0.25, -0.2) is 8.42 Å². The molecule has 0 unspecified atom stereocenters. The zero-order valence-electron chi connectivity index (χ0n) is 22.8. The Kier molecular flexibility index (Phi) is 10.4. The maximum Gasteiger partial charge on any atom is 0.271 e. The fraction of sp³-hybridized carbons (Fsp3) is 0.500. The average Bonchev–Trinajstić information content (AvgIpc) is 2.90. The summed E-state index contributed by atoms with van der Waals surface area (Å²) in [5, 5.41) is 14.5. The van der Waals surface area contributed by atoms with E-state index in [-0.39, 0.29) is 29.9 Å². The molecule has 3 rings (SSSR count). The molecule has 1 N–H and O–H groups in total. The van der Waals surface area contributed by atoms with Crippen molar-refractivity contribution < 1.29 is 22.9 Å². The van der Waals surface area contributed by atoms with E-state index in [0.717, 1.165) is 54.3 Å². The minimum Gasteiger partial charge on any atom is -0.352 e. The summed E-state index contributed by atoms with van der Waals surface area (Å²) < 4.78 is 26.6. The van der Waals surface area contributed by atoms with Gasteiger partial charge in [-0.05, 0) is 43.7 Å². The van der Waals surface area contributed by atoms with Gasteiger partial charge in [-0.15, -0.1) is 0 Å². The fourth-order valence-corrected chi connectivity index (χ4v) is 5.91. The number of anilines is 1. The molecule has 212 valence electrons. The molecule has 0 radical (unpaired) electrons. The first-order valence-electron chi connectivity index (χ1n) is 13.4. The van der Waals surface area contributed by atoms with E-state index >= 15 is 0 Å². The van der Waals surface area contributed by atoms with Crippen LogP contribution >= 0.6 is 0 Å². The van der Waals surface area contributed by atoms with Crippen molar-refractivity contribution in [3.05, 3.63) is 69.8 Å². The molecule has 0 saturated heterocycles. The van der Waals surface area contributed by atoms with Crippen molar-refractivity contribution in [2.75, 3.05) is 23.7 Å². The largest absolute Gasteiger partial charge is 0.352 e. The Bertz CT molecular complexity index is 1260. The number of hydrogen-bond acceptors (Lipinski definition) is 6. The quantitative estimate of drug-likeness (QED) is 0.310. The van der Waals surface area contributed by atoms with E-state index in [2.05, 4.69) is 5.32 Å².